The summed E-state index contributed by atoms with van der Waals surface area (Å²) in [6, 6.07) is 5.92. The maximum Gasteiger partial charge on any atom is 0.317 e. The second-order valence-corrected chi connectivity index (χ2v) is 8.40. The minimum atomic E-state index is 0.0264. The molecule has 0 radical (unpaired) electrons. The number of likely N-dealkylation sites (tertiary alicyclic amines) is 2. The van der Waals surface area contributed by atoms with Gasteiger partial charge in [-0.2, -0.15) is 0 Å². The molecule has 1 N–H and O–H groups in total. The zero-order valence-corrected chi connectivity index (χ0v) is 17.7. The van der Waals surface area contributed by atoms with Crippen molar-refractivity contribution < 1.29 is 14.3 Å². The SMILES string of the molecule is COc1ccc(C2CCCN2C(=O)NCCN2CC(C)CC(C)C2)c(OC)c1. The molecule has 156 valence electrons. The Hall–Kier alpha value is -1.95. The molecule has 6 heteroatoms. The average molecular weight is 390 g/mol. The summed E-state index contributed by atoms with van der Waals surface area (Å²) in [5.41, 5.74) is 1.05. The largest absolute Gasteiger partial charge is 0.497 e. The van der Waals surface area contributed by atoms with E-state index in [9.17, 15) is 4.79 Å². The molecule has 0 spiro atoms. The fraction of sp³-hybridized carbons (Fsp3) is 0.682. The number of carbonyl (C=O) groups excluding carboxylic acids is 1. The molecule has 3 unspecified atom stereocenters. The lowest BCUT2D eigenvalue weighted by atomic mass is 9.92. The maximum atomic E-state index is 12.9. The zero-order chi connectivity index (χ0) is 20.1. The van der Waals surface area contributed by atoms with E-state index < -0.39 is 0 Å². The number of amides is 2. The van der Waals surface area contributed by atoms with Crippen LogP contribution in [0, 0.1) is 11.8 Å². The van der Waals surface area contributed by atoms with E-state index in [-0.39, 0.29) is 12.1 Å². The van der Waals surface area contributed by atoms with Gasteiger partial charge in [-0.3, -0.25) is 0 Å². The van der Waals surface area contributed by atoms with Gasteiger partial charge in [0.1, 0.15) is 11.5 Å². The van der Waals surface area contributed by atoms with Crippen LogP contribution in [0.5, 0.6) is 11.5 Å². The molecule has 0 saturated carbocycles. The van der Waals surface area contributed by atoms with E-state index >= 15 is 0 Å². The molecule has 2 aliphatic rings. The number of hydrogen-bond acceptors (Lipinski definition) is 4. The highest BCUT2D eigenvalue weighted by atomic mass is 16.5. The van der Waals surface area contributed by atoms with Gasteiger partial charge in [0, 0.05) is 44.4 Å². The van der Waals surface area contributed by atoms with Crippen LogP contribution in [0.1, 0.15) is 44.7 Å². The van der Waals surface area contributed by atoms with E-state index in [2.05, 4.69) is 24.1 Å². The molecule has 2 saturated heterocycles. The van der Waals surface area contributed by atoms with Gasteiger partial charge < -0.3 is 24.6 Å². The van der Waals surface area contributed by atoms with Crippen molar-refractivity contribution in [3.05, 3.63) is 23.8 Å². The number of carbonyl (C=O) groups is 1. The first kappa shape index (κ1) is 20.8. The average Bonchev–Trinajstić information content (AvgIpc) is 3.16. The van der Waals surface area contributed by atoms with Gasteiger partial charge in [0.05, 0.1) is 20.3 Å². The number of rotatable bonds is 6. The van der Waals surface area contributed by atoms with E-state index in [1.165, 1.54) is 6.42 Å². The van der Waals surface area contributed by atoms with Crippen molar-refractivity contribution in [2.45, 2.75) is 39.2 Å². The molecular formula is C22H35N3O3. The van der Waals surface area contributed by atoms with Gasteiger partial charge in [0.2, 0.25) is 0 Å². The third kappa shape index (κ3) is 4.90. The number of piperidine rings is 1. The molecule has 1 aromatic carbocycles. The molecule has 28 heavy (non-hydrogen) atoms. The maximum absolute atomic E-state index is 12.9. The van der Waals surface area contributed by atoms with E-state index in [1.807, 2.05) is 23.1 Å². The standard InChI is InChI=1S/C22H35N3O3/c1-16-12-17(2)15-24(14-16)11-9-23-22(26)25-10-5-6-20(25)19-8-7-18(27-3)13-21(19)28-4/h7-8,13,16-17,20H,5-6,9-12,14-15H2,1-4H3,(H,23,26). The van der Waals surface area contributed by atoms with Crippen LogP contribution >= 0.6 is 0 Å². The van der Waals surface area contributed by atoms with Crippen molar-refractivity contribution in [1.82, 2.24) is 15.1 Å². The van der Waals surface area contributed by atoms with Crippen molar-refractivity contribution in [2.75, 3.05) is 46.9 Å². The summed E-state index contributed by atoms with van der Waals surface area (Å²) in [5.74, 6) is 3.02. The highest BCUT2D eigenvalue weighted by molar-refractivity contribution is 5.75. The molecule has 1 aromatic rings. The molecule has 0 aliphatic carbocycles. The molecule has 2 heterocycles. The van der Waals surface area contributed by atoms with Crippen molar-refractivity contribution in [3.63, 3.8) is 0 Å². The predicted octanol–water partition coefficient (Wildman–Crippen LogP) is 3.53. The van der Waals surface area contributed by atoms with Crippen LogP contribution in [-0.4, -0.2) is 62.8 Å². The smallest absolute Gasteiger partial charge is 0.317 e. The molecule has 2 aliphatic heterocycles. The Morgan fingerprint density at radius 1 is 1.18 bits per heavy atom. The van der Waals surface area contributed by atoms with Crippen molar-refractivity contribution in [3.8, 4) is 11.5 Å². The summed E-state index contributed by atoms with van der Waals surface area (Å²) in [5, 5.41) is 3.14. The quantitative estimate of drug-likeness (QED) is 0.809. The van der Waals surface area contributed by atoms with Crippen molar-refractivity contribution in [2.24, 2.45) is 11.8 Å². The van der Waals surface area contributed by atoms with E-state index in [1.54, 1.807) is 14.2 Å². The van der Waals surface area contributed by atoms with Gasteiger partial charge in [-0.05, 0) is 43.2 Å². The van der Waals surface area contributed by atoms with Crippen LogP contribution in [0.25, 0.3) is 0 Å². The van der Waals surface area contributed by atoms with E-state index in [0.717, 1.165) is 67.9 Å². The molecule has 3 rings (SSSR count). The monoisotopic (exact) mass is 389 g/mol. The Morgan fingerprint density at radius 3 is 2.61 bits per heavy atom. The Balaban J connectivity index is 1.57. The Bertz CT molecular complexity index is 656. The van der Waals surface area contributed by atoms with Gasteiger partial charge >= 0.3 is 6.03 Å². The van der Waals surface area contributed by atoms with Gasteiger partial charge in [-0.1, -0.05) is 13.8 Å². The number of nitrogens with one attached hydrogen (secondary N) is 1. The van der Waals surface area contributed by atoms with Gasteiger partial charge in [0.25, 0.3) is 0 Å². The third-order valence-electron chi connectivity index (χ3n) is 5.96. The normalized spacial score (nSPS) is 25.6. The third-order valence-corrected chi connectivity index (χ3v) is 5.96. The molecule has 2 fully saturated rings. The van der Waals surface area contributed by atoms with Crippen molar-refractivity contribution in [1.29, 1.82) is 0 Å². The first-order valence-corrected chi connectivity index (χ1v) is 10.5. The van der Waals surface area contributed by atoms with Gasteiger partial charge in [0.15, 0.2) is 0 Å². The number of benzene rings is 1. The summed E-state index contributed by atoms with van der Waals surface area (Å²) in [7, 11) is 3.31. The molecule has 0 bridgehead atoms. The molecular weight excluding hydrogens is 354 g/mol. The Kier molecular flexibility index (Phi) is 7.05. The van der Waals surface area contributed by atoms with Crippen LogP contribution < -0.4 is 14.8 Å². The summed E-state index contributed by atoms with van der Waals surface area (Å²) < 4.78 is 10.9. The topological polar surface area (TPSA) is 54.0 Å². The lowest BCUT2D eigenvalue weighted by molar-refractivity contribution is 0.140. The molecule has 6 nitrogen and oxygen atoms in total. The highest BCUT2D eigenvalue weighted by Crippen LogP contribution is 2.38. The number of ether oxygens (including phenoxy) is 2. The number of urea groups is 1. The summed E-state index contributed by atoms with van der Waals surface area (Å²) >= 11 is 0. The van der Waals surface area contributed by atoms with Gasteiger partial charge in [-0.25, -0.2) is 4.79 Å². The van der Waals surface area contributed by atoms with E-state index in [4.69, 9.17) is 9.47 Å². The Labute approximate surface area is 169 Å². The second-order valence-electron chi connectivity index (χ2n) is 8.40. The number of methoxy groups -OCH3 is 2. The molecule has 3 atom stereocenters. The summed E-state index contributed by atoms with van der Waals surface area (Å²) in [4.78, 5) is 17.3. The Morgan fingerprint density at radius 2 is 1.93 bits per heavy atom. The lowest BCUT2D eigenvalue weighted by Gasteiger charge is -2.35. The van der Waals surface area contributed by atoms with Crippen LogP contribution in [0.15, 0.2) is 18.2 Å². The van der Waals surface area contributed by atoms with Crippen LogP contribution in [-0.2, 0) is 0 Å². The van der Waals surface area contributed by atoms with Crippen LogP contribution in [0.4, 0.5) is 4.79 Å². The fourth-order valence-corrected chi connectivity index (χ4v) is 4.82. The summed E-state index contributed by atoms with van der Waals surface area (Å²) in [6.45, 7) is 9.30. The van der Waals surface area contributed by atoms with Crippen LogP contribution in [0.3, 0.4) is 0 Å². The van der Waals surface area contributed by atoms with E-state index in [0.29, 0.717) is 6.54 Å². The predicted molar refractivity (Wildman–Crippen MR) is 111 cm³/mol. The van der Waals surface area contributed by atoms with Crippen LogP contribution in [0.2, 0.25) is 0 Å². The number of hydrogen-bond donors (Lipinski definition) is 1. The fourth-order valence-electron chi connectivity index (χ4n) is 4.82. The first-order chi connectivity index (χ1) is 13.5. The first-order valence-electron chi connectivity index (χ1n) is 10.5. The van der Waals surface area contributed by atoms with Crippen molar-refractivity contribution >= 4 is 6.03 Å². The lowest BCUT2D eigenvalue weighted by Crippen LogP contribution is -2.45. The second kappa shape index (κ2) is 9.50. The molecule has 0 aromatic heterocycles. The molecule has 2 amide bonds. The van der Waals surface area contributed by atoms with Gasteiger partial charge in [-0.15, -0.1) is 0 Å². The zero-order valence-electron chi connectivity index (χ0n) is 17.7. The highest BCUT2D eigenvalue weighted by Gasteiger charge is 2.32. The minimum Gasteiger partial charge on any atom is -0.497 e. The summed E-state index contributed by atoms with van der Waals surface area (Å²) in [6.07, 6.45) is 3.27. The number of nitrogens with zero attached hydrogens (tertiary/aromatic N) is 2. The minimum absolute atomic E-state index is 0.0264.